The maximum atomic E-state index is 11.4. The van der Waals surface area contributed by atoms with Crippen LogP contribution in [-0.2, 0) is 11.8 Å². The van der Waals surface area contributed by atoms with Crippen molar-refractivity contribution in [2.75, 3.05) is 6.61 Å². The molecule has 1 rings (SSSR count). The Kier molecular flexibility index (Phi) is 6.00. The lowest BCUT2D eigenvalue weighted by molar-refractivity contribution is 0.111. The first-order valence-corrected chi connectivity index (χ1v) is 7.30. The van der Waals surface area contributed by atoms with E-state index < -0.39 is 0 Å². The Morgan fingerprint density at radius 1 is 1.30 bits per heavy atom. The summed E-state index contributed by atoms with van der Waals surface area (Å²) in [6.07, 6.45) is 5.53. The van der Waals surface area contributed by atoms with Crippen LogP contribution in [0.1, 0.15) is 62.0 Å². The molecule has 0 aliphatic heterocycles. The van der Waals surface area contributed by atoms with E-state index in [0.717, 1.165) is 36.0 Å². The molecule has 0 unspecified atom stereocenters. The van der Waals surface area contributed by atoms with Gasteiger partial charge in [0.05, 0.1) is 12.2 Å². The SMILES string of the molecule is C=CCc1cc(C(C)(C)C)cc(C=O)c1OCCCC. The predicted octanol–water partition coefficient (Wildman–Crippen LogP) is 4.70. The molecule has 0 atom stereocenters. The van der Waals surface area contributed by atoms with E-state index >= 15 is 0 Å². The number of ether oxygens (including phenoxy) is 1. The Morgan fingerprint density at radius 3 is 2.50 bits per heavy atom. The van der Waals surface area contributed by atoms with Gasteiger partial charge in [0.1, 0.15) is 5.75 Å². The highest BCUT2D eigenvalue weighted by Crippen LogP contribution is 2.31. The first-order chi connectivity index (χ1) is 9.43. The third-order valence-electron chi connectivity index (χ3n) is 3.30. The predicted molar refractivity (Wildman–Crippen MR) is 84.8 cm³/mol. The van der Waals surface area contributed by atoms with Gasteiger partial charge in [0.25, 0.3) is 0 Å². The molecular formula is C18H26O2. The molecule has 110 valence electrons. The molecule has 2 heteroatoms. The highest BCUT2D eigenvalue weighted by molar-refractivity contribution is 5.81. The highest BCUT2D eigenvalue weighted by atomic mass is 16.5. The third kappa shape index (κ3) is 4.22. The van der Waals surface area contributed by atoms with Gasteiger partial charge in [0.2, 0.25) is 0 Å². The summed E-state index contributed by atoms with van der Waals surface area (Å²) in [5.74, 6) is 0.723. The first-order valence-electron chi connectivity index (χ1n) is 7.30. The summed E-state index contributed by atoms with van der Waals surface area (Å²) in [7, 11) is 0. The summed E-state index contributed by atoms with van der Waals surface area (Å²) in [5.41, 5.74) is 2.85. The smallest absolute Gasteiger partial charge is 0.153 e. The normalized spacial score (nSPS) is 11.2. The van der Waals surface area contributed by atoms with Crippen LogP contribution in [0.3, 0.4) is 0 Å². The summed E-state index contributed by atoms with van der Waals surface area (Å²) in [6, 6.07) is 4.08. The summed E-state index contributed by atoms with van der Waals surface area (Å²) in [4.78, 5) is 11.4. The maximum Gasteiger partial charge on any atom is 0.153 e. The molecule has 0 amide bonds. The number of carbonyl (C=O) groups is 1. The van der Waals surface area contributed by atoms with E-state index in [1.54, 1.807) is 0 Å². The summed E-state index contributed by atoms with van der Waals surface area (Å²) in [5, 5.41) is 0. The van der Waals surface area contributed by atoms with Gasteiger partial charge in [-0.05, 0) is 35.4 Å². The minimum Gasteiger partial charge on any atom is -0.493 e. The lowest BCUT2D eigenvalue weighted by Gasteiger charge is -2.22. The Labute approximate surface area is 122 Å². The van der Waals surface area contributed by atoms with Gasteiger partial charge in [0.15, 0.2) is 6.29 Å². The average Bonchev–Trinajstić information content (AvgIpc) is 2.39. The van der Waals surface area contributed by atoms with E-state index in [1.165, 1.54) is 0 Å². The zero-order chi connectivity index (χ0) is 15.2. The van der Waals surface area contributed by atoms with Crippen LogP contribution in [0.25, 0.3) is 0 Å². The van der Waals surface area contributed by atoms with Crippen molar-refractivity contribution < 1.29 is 9.53 Å². The van der Waals surface area contributed by atoms with E-state index in [2.05, 4.69) is 40.3 Å². The molecule has 0 bridgehead atoms. The van der Waals surface area contributed by atoms with Crippen molar-refractivity contribution in [3.63, 3.8) is 0 Å². The van der Waals surface area contributed by atoms with Gasteiger partial charge in [-0.25, -0.2) is 0 Å². The molecule has 0 spiro atoms. The van der Waals surface area contributed by atoms with Crippen molar-refractivity contribution in [3.8, 4) is 5.75 Å². The van der Waals surface area contributed by atoms with Crippen molar-refractivity contribution in [2.45, 2.75) is 52.4 Å². The van der Waals surface area contributed by atoms with Crippen molar-refractivity contribution in [1.29, 1.82) is 0 Å². The van der Waals surface area contributed by atoms with Crippen molar-refractivity contribution in [1.82, 2.24) is 0 Å². The van der Waals surface area contributed by atoms with Crippen LogP contribution in [0.5, 0.6) is 5.75 Å². The second-order valence-corrected chi connectivity index (χ2v) is 6.12. The molecule has 1 aromatic carbocycles. The Morgan fingerprint density at radius 2 is 2.00 bits per heavy atom. The number of hydrogen-bond acceptors (Lipinski definition) is 2. The molecule has 0 radical (unpaired) electrons. The number of aldehydes is 1. The molecule has 0 N–H and O–H groups in total. The zero-order valence-corrected chi connectivity index (χ0v) is 13.2. The van der Waals surface area contributed by atoms with Gasteiger partial charge in [0, 0.05) is 0 Å². The fraction of sp³-hybridized carbons (Fsp3) is 0.500. The van der Waals surface area contributed by atoms with Gasteiger partial charge in [-0.1, -0.05) is 46.3 Å². The first kappa shape index (κ1) is 16.5. The van der Waals surface area contributed by atoms with Gasteiger partial charge in [-0.15, -0.1) is 6.58 Å². The van der Waals surface area contributed by atoms with E-state index in [-0.39, 0.29) is 5.41 Å². The second kappa shape index (κ2) is 7.28. The summed E-state index contributed by atoms with van der Waals surface area (Å²) in [6.45, 7) is 13.0. The fourth-order valence-corrected chi connectivity index (χ4v) is 2.04. The molecule has 0 fully saturated rings. The molecule has 0 aliphatic rings. The molecule has 0 heterocycles. The van der Waals surface area contributed by atoms with E-state index in [1.807, 2.05) is 12.1 Å². The Balaban J connectivity index is 3.24. The van der Waals surface area contributed by atoms with Gasteiger partial charge < -0.3 is 4.74 Å². The van der Waals surface area contributed by atoms with Gasteiger partial charge >= 0.3 is 0 Å². The Hall–Kier alpha value is -1.57. The van der Waals surface area contributed by atoms with Crippen molar-refractivity contribution in [3.05, 3.63) is 41.5 Å². The molecule has 0 saturated heterocycles. The van der Waals surface area contributed by atoms with Crippen LogP contribution in [0, 0.1) is 0 Å². The number of allylic oxidation sites excluding steroid dienone is 1. The van der Waals surface area contributed by atoms with Crippen LogP contribution in [0.4, 0.5) is 0 Å². The number of hydrogen-bond donors (Lipinski definition) is 0. The van der Waals surface area contributed by atoms with Crippen LogP contribution >= 0.6 is 0 Å². The summed E-state index contributed by atoms with van der Waals surface area (Å²) >= 11 is 0. The van der Waals surface area contributed by atoms with Crippen molar-refractivity contribution in [2.24, 2.45) is 0 Å². The minimum atomic E-state index is 0.00955. The van der Waals surface area contributed by atoms with E-state index in [0.29, 0.717) is 18.6 Å². The Bertz CT molecular complexity index is 467. The van der Waals surface area contributed by atoms with E-state index in [9.17, 15) is 4.79 Å². The number of benzene rings is 1. The van der Waals surface area contributed by atoms with E-state index in [4.69, 9.17) is 4.74 Å². The number of carbonyl (C=O) groups excluding carboxylic acids is 1. The fourth-order valence-electron chi connectivity index (χ4n) is 2.04. The number of rotatable bonds is 7. The number of unbranched alkanes of at least 4 members (excludes halogenated alkanes) is 1. The van der Waals surface area contributed by atoms with Crippen LogP contribution in [0.15, 0.2) is 24.8 Å². The standard InChI is InChI=1S/C18H26O2/c1-6-8-10-20-17-14(9-7-2)11-16(18(3,4)5)12-15(17)13-19/h7,11-13H,2,6,8-10H2,1,3-5H3. The molecule has 20 heavy (non-hydrogen) atoms. The third-order valence-corrected chi connectivity index (χ3v) is 3.30. The quantitative estimate of drug-likeness (QED) is 0.409. The topological polar surface area (TPSA) is 26.3 Å². The molecule has 0 saturated carbocycles. The zero-order valence-electron chi connectivity index (χ0n) is 13.2. The minimum absolute atomic E-state index is 0.00955. The van der Waals surface area contributed by atoms with Gasteiger partial charge in [-0.3, -0.25) is 4.79 Å². The second-order valence-electron chi connectivity index (χ2n) is 6.12. The molecule has 0 aromatic heterocycles. The van der Waals surface area contributed by atoms with Crippen LogP contribution in [0.2, 0.25) is 0 Å². The van der Waals surface area contributed by atoms with Crippen LogP contribution < -0.4 is 4.74 Å². The average molecular weight is 274 g/mol. The molecule has 1 aromatic rings. The van der Waals surface area contributed by atoms with Gasteiger partial charge in [-0.2, -0.15) is 0 Å². The molecule has 0 aliphatic carbocycles. The van der Waals surface area contributed by atoms with Crippen molar-refractivity contribution >= 4 is 6.29 Å². The summed E-state index contributed by atoms with van der Waals surface area (Å²) < 4.78 is 5.84. The monoisotopic (exact) mass is 274 g/mol. The molecule has 2 nitrogen and oxygen atoms in total. The largest absolute Gasteiger partial charge is 0.493 e. The molecular weight excluding hydrogens is 248 g/mol. The lowest BCUT2D eigenvalue weighted by Crippen LogP contribution is -2.13. The maximum absolute atomic E-state index is 11.4. The van der Waals surface area contributed by atoms with Crippen LogP contribution in [-0.4, -0.2) is 12.9 Å². The lowest BCUT2D eigenvalue weighted by atomic mass is 9.84. The highest BCUT2D eigenvalue weighted by Gasteiger charge is 2.19.